The minimum absolute atomic E-state index is 0.137. The minimum Gasteiger partial charge on any atom is -0.480 e. The van der Waals surface area contributed by atoms with Crippen molar-refractivity contribution in [1.82, 2.24) is 9.78 Å². The van der Waals surface area contributed by atoms with Crippen molar-refractivity contribution in [2.45, 2.75) is 31.7 Å². The first-order valence-corrected chi connectivity index (χ1v) is 4.57. The SMILES string of the molecule is CC1(c2cc(N)n(CC(=O)O)n2)CC1. The number of anilines is 1. The number of nitrogen functional groups attached to an aromatic ring is 1. The third-order valence-corrected chi connectivity index (χ3v) is 2.71. The molecule has 0 unspecified atom stereocenters. The minimum atomic E-state index is -0.924. The molecule has 1 saturated carbocycles. The molecule has 1 aromatic rings. The highest BCUT2D eigenvalue weighted by molar-refractivity contribution is 5.67. The Bertz CT molecular complexity index is 379. The van der Waals surface area contributed by atoms with E-state index in [2.05, 4.69) is 12.0 Å². The summed E-state index contributed by atoms with van der Waals surface area (Å²) in [4.78, 5) is 10.5. The summed E-state index contributed by atoms with van der Waals surface area (Å²) in [5, 5.41) is 12.8. The Morgan fingerprint density at radius 1 is 1.79 bits per heavy atom. The van der Waals surface area contributed by atoms with Crippen molar-refractivity contribution >= 4 is 11.8 Å². The quantitative estimate of drug-likeness (QED) is 0.740. The highest BCUT2D eigenvalue weighted by atomic mass is 16.4. The number of aliphatic carboxylic acids is 1. The number of nitrogens with two attached hydrogens (primary N) is 1. The summed E-state index contributed by atoms with van der Waals surface area (Å²) in [7, 11) is 0. The van der Waals surface area contributed by atoms with Gasteiger partial charge in [-0.05, 0) is 12.8 Å². The molecule has 5 heteroatoms. The van der Waals surface area contributed by atoms with Gasteiger partial charge in [0.1, 0.15) is 12.4 Å². The van der Waals surface area contributed by atoms with E-state index in [1.807, 2.05) is 0 Å². The fourth-order valence-electron chi connectivity index (χ4n) is 1.42. The molecule has 1 aromatic heterocycles. The van der Waals surface area contributed by atoms with Crippen molar-refractivity contribution in [2.24, 2.45) is 0 Å². The fourth-order valence-corrected chi connectivity index (χ4v) is 1.42. The lowest BCUT2D eigenvalue weighted by atomic mass is 10.1. The highest BCUT2D eigenvalue weighted by Crippen LogP contribution is 2.47. The third kappa shape index (κ3) is 1.45. The van der Waals surface area contributed by atoms with E-state index in [0.717, 1.165) is 18.5 Å². The van der Waals surface area contributed by atoms with Gasteiger partial charge in [0.25, 0.3) is 0 Å². The Kier molecular flexibility index (Phi) is 1.77. The molecule has 76 valence electrons. The van der Waals surface area contributed by atoms with Crippen LogP contribution in [0.1, 0.15) is 25.5 Å². The lowest BCUT2D eigenvalue weighted by molar-refractivity contribution is -0.137. The zero-order chi connectivity index (χ0) is 10.3. The van der Waals surface area contributed by atoms with Crippen LogP contribution in [-0.4, -0.2) is 20.9 Å². The number of carboxylic acids is 1. The normalized spacial score (nSPS) is 18.1. The molecule has 1 aliphatic carbocycles. The van der Waals surface area contributed by atoms with E-state index in [0.29, 0.717) is 5.82 Å². The molecule has 0 saturated heterocycles. The van der Waals surface area contributed by atoms with Crippen LogP contribution in [0.15, 0.2) is 6.07 Å². The van der Waals surface area contributed by atoms with Gasteiger partial charge in [0.15, 0.2) is 0 Å². The van der Waals surface area contributed by atoms with Crippen LogP contribution in [0, 0.1) is 0 Å². The average molecular weight is 195 g/mol. The lowest BCUT2D eigenvalue weighted by Gasteiger charge is -2.01. The van der Waals surface area contributed by atoms with Crippen molar-refractivity contribution in [3.63, 3.8) is 0 Å². The highest BCUT2D eigenvalue weighted by Gasteiger charge is 2.41. The van der Waals surface area contributed by atoms with E-state index in [-0.39, 0.29) is 12.0 Å². The van der Waals surface area contributed by atoms with Gasteiger partial charge in [0.05, 0.1) is 5.69 Å². The summed E-state index contributed by atoms with van der Waals surface area (Å²) in [6.45, 7) is 1.95. The molecule has 0 bridgehead atoms. The first kappa shape index (κ1) is 9.05. The second-order valence-corrected chi connectivity index (χ2v) is 4.07. The predicted molar refractivity (Wildman–Crippen MR) is 50.9 cm³/mol. The first-order valence-electron chi connectivity index (χ1n) is 4.57. The van der Waals surface area contributed by atoms with Crippen LogP contribution in [-0.2, 0) is 16.8 Å². The first-order chi connectivity index (χ1) is 6.51. The van der Waals surface area contributed by atoms with E-state index in [4.69, 9.17) is 10.8 Å². The molecule has 0 aromatic carbocycles. The Morgan fingerprint density at radius 3 is 2.93 bits per heavy atom. The summed E-state index contributed by atoms with van der Waals surface area (Å²) in [6.07, 6.45) is 2.22. The molecule has 5 nitrogen and oxygen atoms in total. The zero-order valence-corrected chi connectivity index (χ0v) is 8.03. The number of carbonyl (C=O) groups is 1. The molecular formula is C9H13N3O2. The van der Waals surface area contributed by atoms with Gasteiger partial charge in [-0.15, -0.1) is 0 Å². The molecule has 0 aliphatic heterocycles. The number of aromatic nitrogens is 2. The fraction of sp³-hybridized carbons (Fsp3) is 0.556. The predicted octanol–water partition coefficient (Wildman–Crippen LogP) is 0.601. The molecule has 2 rings (SSSR count). The van der Waals surface area contributed by atoms with Crippen LogP contribution in [0.25, 0.3) is 0 Å². The van der Waals surface area contributed by atoms with Crippen LogP contribution in [0.3, 0.4) is 0 Å². The van der Waals surface area contributed by atoms with E-state index >= 15 is 0 Å². The van der Waals surface area contributed by atoms with Gasteiger partial charge in [-0.25, -0.2) is 4.68 Å². The van der Waals surface area contributed by atoms with Crippen molar-refractivity contribution in [2.75, 3.05) is 5.73 Å². The molecule has 0 atom stereocenters. The molecular weight excluding hydrogens is 182 g/mol. The molecule has 1 heterocycles. The van der Waals surface area contributed by atoms with Gasteiger partial charge in [-0.3, -0.25) is 4.79 Å². The van der Waals surface area contributed by atoms with Crippen LogP contribution < -0.4 is 5.73 Å². The van der Waals surface area contributed by atoms with Gasteiger partial charge in [0.2, 0.25) is 0 Å². The van der Waals surface area contributed by atoms with E-state index in [1.165, 1.54) is 4.68 Å². The number of rotatable bonds is 3. The van der Waals surface area contributed by atoms with Crippen molar-refractivity contribution < 1.29 is 9.90 Å². The topological polar surface area (TPSA) is 81.1 Å². The molecule has 14 heavy (non-hydrogen) atoms. The van der Waals surface area contributed by atoms with Gasteiger partial charge in [-0.2, -0.15) is 5.10 Å². The summed E-state index contributed by atoms with van der Waals surface area (Å²) < 4.78 is 1.33. The van der Waals surface area contributed by atoms with Gasteiger partial charge >= 0.3 is 5.97 Å². The number of carboxylic acid groups (broad SMARTS) is 1. The van der Waals surface area contributed by atoms with Crippen LogP contribution >= 0.6 is 0 Å². The van der Waals surface area contributed by atoms with Crippen LogP contribution in [0.5, 0.6) is 0 Å². The molecule has 1 aliphatic rings. The third-order valence-electron chi connectivity index (χ3n) is 2.71. The number of hydrogen-bond donors (Lipinski definition) is 2. The average Bonchev–Trinajstić information content (AvgIpc) is 2.71. The Hall–Kier alpha value is -1.52. The Labute approximate surface area is 81.5 Å². The second-order valence-electron chi connectivity index (χ2n) is 4.07. The number of hydrogen-bond acceptors (Lipinski definition) is 3. The van der Waals surface area contributed by atoms with Gasteiger partial charge in [-0.1, -0.05) is 6.92 Å². The molecule has 1 fully saturated rings. The van der Waals surface area contributed by atoms with E-state index < -0.39 is 5.97 Å². The summed E-state index contributed by atoms with van der Waals surface area (Å²) in [6, 6.07) is 1.77. The Balaban J connectivity index is 2.25. The van der Waals surface area contributed by atoms with Crippen molar-refractivity contribution in [3.8, 4) is 0 Å². The maximum Gasteiger partial charge on any atom is 0.325 e. The smallest absolute Gasteiger partial charge is 0.325 e. The van der Waals surface area contributed by atoms with Gasteiger partial charge in [0, 0.05) is 11.5 Å². The van der Waals surface area contributed by atoms with E-state index in [1.54, 1.807) is 6.07 Å². The molecule has 0 spiro atoms. The van der Waals surface area contributed by atoms with Gasteiger partial charge < -0.3 is 10.8 Å². The van der Waals surface area contributed by atoms with Crippen LogP contribution in [0.2, 0.25) is 0 Å². The summed E-state index contributed by atoms with van der Waals surface area (Å²) in [5.41, 5.74) is 6.70. The summed E-state index contributed by atoms with van der Waals surface area (Å²) in [5.74, 6) is -0.497. The lowest BCUT2D eigenvalue weighted by Crippen LogP contribution is -2.13. The zero-order valence-electron chi connectivity index (χ0n) is 8.03. The second kappa shape index (κ2) is 2.73. The van der Waals surface area contributed by atoms with Crippen LogP contribution in [0.4, 0.5) is 5.82 Å². The standard InChI is InChI=1S/C9H13N3O2/c1-9(2-3-9)6-4-7(10)12(11-6)5-8(13)14/h4H,2-3,5,10H2,1H3,(H,13,14). The Morgan fingerprint density at radius 2 is 2.43 bits per heavy atom. The van der Waals surface area contributed by atoms with Crippen molar-refractivity contribution in [3.05, 3.63) is 11.8 Å². The molecule has 0 radical (unpaired) electrons. The molecule has 3 N–H and O–H groups in total. The summed E-state index contributed by atoms with van der Waals surface area (Å²) >= 11 is 0. The molecule has 0 amide bonds. The maximum atomic E-state index is 10.5. The van der Waals surface area contributed by atoms with Crippen molar-refractivity contribution in [1.29, 1.82) is 0 Å². The van der Waals surface area contributed by atoms with E-state index in [9.17, 15) is 4.79 Å². The number of nitrogens with zero attached hydrogens (tertiary/aromatic N) is 2. The monoisotopic (exact) mass is 195 g/mol. The maximum absolute atomic E-state index is 10.5. The largest absolute Gasteiger partial charge is 0.480 e.